The Balaban J connectivity index is 1.63. The van der Waals surface area contributed by atoms with Gasteiger partial charge in [-0.3, -0.25) is 14.6 Å². The molecule has 248 valence electrons. The largest absolute Gasteiger partial charge is 0.474 e. The highest BCUT2D eigenvalue weighted by molar-refractivity contribution is 7.10. The summed E-state index contributed by atoms with van der Waals surface area (Å²) in [6.45, 7) is 1.29. The summed E-state index contributed by atoms with van der Waals surface area (Å²) in [4.78, 5) is 34.1. The van der Waals surface area contributed by atoms with Crippen molar-refractivity contribution in [3.63, 3.8) is 0 Å². The highest BCUT2D eigenvalue weighted by atomic mass is 35.5. The molecule has 1 fully saturated rings. The maximum atomic E-state index is 14.9. The molecule has 0 saturated carbocycles. The molecule has 46 heavy (non-hydrogen) atoms. The summed E-state index contributed by atoms with van der Waals surface area (Å²) in [5.74, 6) is -2.04. The van der Waals surface area contributed by atoms with E-state index >= 15 is 0 Å². The van der Waals surface area contributed by atoms with Crippen molar-refractivity contribution in [2.24, 2.45) is 0 Å². The number of halogens is 7. The van der Waals surface area contributed by atoms with Gasteiger partial charge in [-0.15, -0.1) is 11.3 Å². The highest BCUT2D eigenvalue weighted by Gasteiger charge is 2.57. The summed E-state index contributed by atoms with van der Waals surface area (Å²) in [7, 11) is 0. The molecule has 0 radical (unpaired) electrons. The minimum Gasteiger partial charge on any atom is -0.474 e. The molecule has 1 unspecified atom stereocenters. The zero-order chi connectivity index (χ0) is 33.4. The fraction of sp³-hybridized carbons (Fsp3) is 0.452. The summed E-state index contributed by atoms with van der Waals surface area (Å²) >= 11 is 6.54. The van der Waals surface area contributed by atoms with E-state index in [4.69, 9.17) is 16.3 Å². The maximum Gasteiger partial charge on any atom is 0.425 e. The van der Waals surface area contributed by atoms with Crippen molar-refractivity contribution in [2.45, 2.75) is 69.1 Å². The van der Waals surface area contributed by atoms with Crippen molar-refractivity contribution in [2.75, 3.05) is 19.7 Å². The molecule has 1 N–H and O–H groups in total. The Kier molecular flexibility index (Phi) is 9.63. The molecule has 0 spiro atoms. The Hall–Kier alpha value is -3.36. The molecule has 2 aromatic heterocycles. The van der Waals surface area contributed by atoms with Gasteiger partial charge in [0.1, 0.15) is 16.3 Å². The molecule has 2 amide bonds. The van der Waals surface area contributed by atoms with Gasteiger partial charge in [-0.2, -0.15) is 26.3 Å². The third-order valence-corrected chi connectivity index (χ3v) is 9.60. The first-order chi connectivity index (χ1) is 21.7. The van der Waals surface area contributed by atoms with Crippen LogP contribution in [0.2, 0.25) is 5.02 Å². The van der Waals surface area contributed by atoms with E-state index in [9.17, 15) is 41.0 Å². The van der Waals surface area contributed by atoms with E-state index in [-0.39, 0.29) is 38.1 Å². The van der Waals surface area contributed by atoms with E-state index in [0.717, 1.165) is 40.2 Å². The van der Waals surface area contributed by atoms with Crippen LogP contribution in [0.5, 0.6) is 5.75 Å². The summed E-state index contributed by atoms with van der Waals surface area (Å²) in [6, 6.07) is 5.52. The first kappa shape index (κ1) is 34.0. The normalized spacial score (nSPS) is 22.0. The van der Waals surface area contributed by atoms with Crippen LogP contribution < -0.4 is 4.74 Å². The lowest BCUT2D eigenvalue weighted by Crippen LogP contribution is -2.68. The number of aliphatic hydroxyl groups excluding tert-OH is 1. The van der Waals surface area contributed by atoms with Gasteiger partial charge in [0.2, 0.25) is 5.60 Å². The minimum atomic E-state index is -4.90. The number of nitrogens with zero attached hydrogens (tertiary/aromatic N) is 3. The molecule has 7 nitrogen and oxygen atoms in total. The van der Waals surface area contributed by atoms with Crippen LogP contribution in [0.3, 0.4) is 0 Å². The Morgan fingerprint density at radius 3 is 2.52 bits per heavy atom. The van der Waals surface area contributed by atoms with E-state index < -0.39 is 64.6 Å². The first-order valence-electron chi connectivity index (χ1n) is 14.6. The lowest BCUT2D eigenvalue weighted by molar-refractivity contribution is -0.163. The van der Waals surface area contributed by atoms with Gasteiger partial charge < -0.3 is 19.6 Å². The molecular weight excluding hydrogens is 660 g/mol. The van der Waals surface area contributed by atoms with E-state index in [1.807, 2.05) is 0 Å². The number of aliphatic hydroxyl groups is 1. The summed E-state index contributed by atoms with van der Waals surface area (Å²) in [5, 5.41) is 12.1. The highest BCUT2D eigenvalue weighted by Crippen LogP contribution is 2.44. The van der Waals surface area contributed by atoms with Crippen LogP contribution in [0.4, 0.5) is 26.3 Å². The van der Waals surface area contributed by atoms with Gasteiger partial charge >= 0.3 is 12.4 Å². The molecule has 5 rings (SSSR count). The average molecular weight is 690 g/mol. The van der Waals surface area contributed by atoms with Gasteiger partial charge in [-0.1, -0.05) is 31.0 Å². The second-order valence-electron chi connectivity index (χ2n) is 11.2. The van der Waals surface area contributed by atoms with Crippen molar-refractivity contribution >= 4 is 34.8 Å². The lowest BCUT2D eigenvalue weighted by Gasteiger charge is -2.51. The first-order valence-corrected chi connectivity index (χ1v) is 15.8. The van der Waals surface area contributed by atoms with Gasteiger partial charge in [0.05, 0.1) is 24.3 Å². The van der Waals surface area contributed by atoms with Crippen LogP contribution in [0.25, 0.3) is 0 Å². The molecule has 4 heterocycles. The smallest absolute Gasteiger partial charge is 0.425 e. The Bertz CT molecular complexity index is 1600. The van der Waals surface area contributed by atoms with Crippen molar-refractivity contribution < 1.29 is 45.8 Å². The molecule has 3 aromatic rings. The van der Waals surface area contributed by atoms with Crippen LogP contribution in [-0.2, 0) is 23.6 Å². The topological polar surface area (TPSA) is 83.0 Å². The lowest BCUT2D eigenvalue weighted by atomic mass is 9.78. The van der Waals surface area contributed by atoms with Crippen LogP contribution >= 0.6 is 22.9 Å². The predicted molar refractivity (Wildman–Crippen MR) is 158 cm³/mol. The summed E-state index contributed by atoms with van der Waals surface area (Å²) in [6.07, 6.45) is -7.72. The van der Waals surface area contributed by atoms with Gasteiger partial charge in [-0.25, -0.2) is 0 Å². The number of rotatable bonds is 7. The Labute approximate surface area is 269 Å². The third kappa shape index (κ3) is 6.43. The van der Waals surface area contributed by atoms with Crippen LogP contribution in [0.15, 0.2) is 48.0 Å². The Morgan fingerprint density at radius 1 is 1.11 bits per heavy atom. The standard InChI is InChI=1S/C31H30ClF6N3O4S/c1-2-5-24-29(45-20-15-25(46-17-20)31(36,37)38,28(44)40-13-9-18-14-19(32)7-8-21(18)23(40)16-42)10-4-12-41(24)27(43)26-22(30(33,34)35)6-3-11-39-26/h3,6-8,11,14-15,17,23-24,42H,2,4-5,9-10,12-13,16H2,1H3/t23?,24-,29-/m1/s1. The number of fused-ring (bicyclic) bond motifs is 1. The molecule has 15 heteroatoms. The van der Waals surface area contributed by atoms with Crippen molar-refractivity contribution in [1.29, 1.82) is 0 Å². The number of benzene rings is 1. The van der Waals surface area contributed by atoms with Gasteiger partial charge in [0, 0.05) is 42.2 Å². The van der Waals surface area contributed by atoms with Crippen LogP contribution in [0, 0.1) is 0 Å². The minimum absolute atomic E-state index is 0.0437. The Morgan fingerprint density at radius 2 is 1.87 bits per heavy atom. The zero-order valence-corrected chi connectivity index (χ0v) is 26.1. The molecule has 3 atom stereocenters. The summed E-state index contributed by atoms with van der Waals surface area (Å²) in [5.41, 5.74) is -2.68. The SMILES string of the molecule is CCC[C@H]1N(C(=O)c2ncccc2C(F)(F)F)CCC[C@]1(Oc1csc(C(F)(F)F)c1)C(=O)N1CCc2cc(Cl)ccc2C1CO. The molecule has 2 aliphatic heterocycles. The second-order valence-corrected chi connectivity index (χ2v) is 12.6. The number of thiophene rings is 1. The number of ether oxygens (including phenoxy) is 1. The maximum absolute atomic E-state index is 14.9. The number of carbonyl (C=O) groups excluding carboxylic acids is 2. The molecule has 1 aromatic carbocycles. The van der Waals surface area contributed by atoms with E-state index in [0.29, 0.717) is 34.8 Å². The molecular formula is C31H30ClF6N3O4S. The van der Waals surface area contributed by atoms with Crippen molar-refractivity contribution in [3.8, 4) is 5.75 Å². The molecule has 0 aliphatic carbocycles. The molecule has 0 bridgehead atoms. The van der Waals surface area contributed by atoms with Crippen molar-refractivity contribution in [3.05, 3.63) is 80.3 Å². The number of alkyl halides is 6. The van der Waals surface area contributed by atoms with Crippen LogP contribution in [-0.4, -0.2) is 63.0 Å². The molecule has 1 saturated heterocycles. The number of hydrogen-bond acceptors (Lipinski definition) is 6. The fourth-order valence-corrected chi connectivity index (χ4v) is 7.31. The van der Waals surface area contributed by atoms with Gasteiger partial charge in [-0.05, 0) is 54.7 Å². The average Bonchev–Trinajstić information content (AvgIpc) is 3.49. The number of piperidine rings is 1. The van der Waals surface area contributed by atoms with Crippen LogP contribution in [0.1, 0.15) is 70.7 Å². The van der Waals surface area contributed by atoms with Gasteiger partial charge in [0.25, 0.3) is 11.8 Å². The molecule has 2 aliphatic rings. The van der Waals surface area contributed by atoms with E-state index in [2.05, 4.69) is 4.98 Å². The number of amides is 2. The van der Waals surface area contributed by atoms with Gasteiger partial charge in [0.15, 0.2) is 0 Å². The number of pyridine rings is 1. The number of likely N-dealkylation sites (tertiary alicyclic amines) is 1. The summed E-state index contributed by atoms with van der Waals surface area (Å²) < 4.78 is 88.8. The van der Waals surface area contributed by atoms with E-state index in [1.165, 1.54) is 4.90 Å². The number of carbonyl (C=O) groups is 2. The fourth-order valence-electron chi connectivity index (χ4n) is 6.44. The third-order valence-electron chi connectivity index (χ3n) is 8.41. The van der Waals surface area contributed by atoms with E-state index in [1.54, 1.807) is 25.1 Å². The monoisotopic (exact) mass is 689 g/mol. The number of hydrogen-bond donors (Lipinski definition) is 1. The quantitative estimate of drug-likeness (QED) is 0.266. The number of aromatic nitrogens is 1. The predicted octanol–water partition coefficient (Wildman–Crippen LogP) is 7.17. The second kappa shape index (κ2) is 13.0. The van der Waals surface area contributed by atoms with Crippen molar-refractivity contribution in [1.82, 2.24) is 14.8 Å². The zero-order valence-electron chi connectivity index (χ0n) is 24.5.